The van der Waals surface area contributed by atoms with Gasteiger partial charge in [0.25, 0.3) is 0 Å². The molecule has 0 amide bonds. The van der Waals surface area contributed by atoms with Crippen LogP contribution in [0.3, 0.4) is 0 Å². The van der Waals surface area contributed by atoms with Gasteiger partial charge in [0.05, 0.1) is 6.33 Å². The molecule has 0 radical (unpaired) electrons. The van der Waals surface area contributed by atoms with E-state index in [1.807, 2.05) is 36.8 Å². The fraction of sp³-hybridized carbons (Fsp3) is 0.286. The van der Waals surface area contributed by atoms with Gasteiger partial charge in [0.1, 0.15) is 5.82 Å². The molecule has 136 valence electrons. The lowest BCUT2D eigenvalue weighted by atomic mass is 9.90. The summed E-state index contributed by atoms with van der Waals surface area (Å²) in [5.74, 6) is -0.168. The van der Waals surface area contributed by atoms with Gasteiger partial charge < -0.3 is 4.57 Å². The molecule has 1 heterocycles. The van der Waals surface area contributed by atoms with Crippen molar-refractivity contribution in [1.82, 2.24) is 9.55 Å². The Hall–Kier alpha value is -1.78. The first-order valence-corrected chi connectivity index (χ1v) is 9.98. The second-order valence-electron chi connectivity index (χ2n) is 6.29. The van der Waals surface area contributed by atoms with Crippen LogP contribution in [0, 0.1) is 5.82 Å². The summed E-state index contributed by atoms with van der Waals surface area (Å²) in [7, 11) is 0. The zero-order valence-electron chi connectivity index (χ0n) is 14.7. The number of benzene rings is 2. The normalized spacial score (nSPS) is 13.5. The molecule has 0 fully saturated rings. The highest BCUT2D eigenvalue weighted by atomic mass is 35.5. The molecule has 2 aromatic carbocycles. The lowest BCUT2D eigenvalue weighted by Crippen LogP contribution is -2.22. The average molecular weight is 389 g/mol. The number of halogens is 2. The topological polar surface area (TPSA) is 17.8 Å². The summed E-state index contributed by atoms with van der Waals surface area (Å²) < 4.78 is 16.2. The molecule has 0 aliphatic rings. The highest BCUT2D eigenvalue weighted by Crippen LogP contribution is 2.48. The summed E-state index contributed by atoms with van der Waals surface area (Å²) in [5.41, 5.74) is 1.18. The third-order valence-corrected chi connectivity index (χ3v) is 6.56. The number of thioether (sulfide) groups is 1. The Labute approximate surface area is 163 Å². The first-order chi connectivity index (χ1) is 12.6. The van der Waals surface area contributed by atoms with Crippen LogP contribution < -0.4 is 0 Å². The maximum absolute atomic E-state index is 14.3. The molecule has 0 aliphatic carbocycles. The van der Waals surface area contributed by atoms with Crippen molar-refractivity contribution in [2.75, 3.05) is 0 Å². The zero-order chi connectivity index (χ0) is 18.4. The number of rotatable bonds is 8. The molecule has 0 aliphatic heterocycles. The number of hydrogen-bond donors (Lipinski definition) is 0. The van der Waals surface area contributed by atoms with Gasteiger partial charge in [0.2, 0.25) is 0 Å². The fourth-order valence-electron chi connectivity index (χ4n) is 3.17. The second kappa shape index (κ2) is 8.74. The van der Waals surface area contributed by atoms with Gasteiger partial charge in [-0.1, -0.05) is 42.8 Å². The van der Waals surface area contributed by atoms with E-state index in [4.69, 9.17) is 11.6 Å². The first kappa shape index (κ1) is 19.0. The van der Waals surface area contributed by atoms with Crippen LogP contribution in [-0.2, 0) is 11.3 Å². The highest BCUT2D eigenvalue weighted by molar-refractivity contribution is 8.00. The van der Waals surface area contributed by atoms with Gasteiger partial charge in [-0.25, -0.2) is 9.37 Å². The Bertz CT molecular complexity index is 820. The Morgan fingerprint density at radius 3 is 2.58 bits per heavy atom. The maximum Gasteiger partial charge on any atom is 0.136 e. The third-order valence-electron chi connectivity index (χ3n) is 4.64. The van der Waals surface area contributed by atoms with Crippen molar-refractivity contribution in [1.29, 1.82) is 0 Å². The SMILES string of the molecule is CCC(CCCn1ccnc1)(Sc1ccccc1F)c1ccc(Cl)cc1. The molecule has 5 heteroatoms. The van der Waals surface area contributed by atoms with Crippen LogP contribution in [0.4, 0.5) is 4.39 Å². The maximum atomic E-state index is 14.3. The number of nitrogens with zero attached hydrogens (tertiary/aromatic N) is 2. The van der Waals surface area contributed by atoms with Crippen LogP contribution in [0.15, 0.2) is 72.1 Å². The lowest BCUT2D eigenvalue weighted by molar-refractivity contribution is 0.490. The minimum atomic E-state index is -0.201. The van der Waals surface area contributed by atoms with Crippen molar-refractivity contribution < 1.29 is 4.39 Å². The number of aryl methyl sites for hydroxylation is 1. The molecule has 0 bridgehead atoms. The summed E-state index contributed by atoms with van der Waals surface area (Å²) in [4.78, 5) is 4.79. The van der Waals surface area contributed by atoms with E-state index in [9.17, 15) is 4.39 Å². The standard InChI is InChI=1S/C21H22ClFN2S/c1-2-21(17-8-10-18(22)11-9-17,12-5-14-25-15-13-24-16-25)26-20-7-4-3-6-19(20)23/h3-4,6-11,13,15-16H,2,5,12,14H2,1H3. The summed E-state index contributed by atoms with van der Waals surface area (Å²) in [6.07, 6.45) is 8.41. The number of imidazole rings is 1. The zero-order valence-corrected chi connectivity index (χ0v) is 16.3. The minimum Gasteiger partial charge on any atom is -0.337 e. The molecule has 3 rings (SSSR count). The molecular formula is C21H22ClFN2S. The smallest absolute Gasteiger partial charge is 0.136 e. The van der Waals surface area contributed by atoms with Crippen LogP contribution in [0.2, 0.25) is 5.02 Å². The van der Waals surface area contributed by atoms with Gasteiger partial charge in [-0.2, -0.15) is 0 Å². The van der Waals surface area contributed by atoms with E-state index in [1.165, 1.54) is 11.6 Å². The predicted molar refractivity (Wildman–Crippen MR) is 107 cm³/mol. The van der Waals surface area contributed by atoms with Crippen molar-refractivity contribution in [3.8, 4) is 0 Å². The van der Waals surface area contributed by atoms with Crippen LogP contribution >= 0.6 is 23.4 Å². The van der Waals surface area contributed by atoms with Crippen molar-refractivity contribution in [2.24, 2.45) is 0 Å². The Morgan fingerprint density at radius 1 is 1.15 bits per heavy atom. The monoisotopic (exact) mass is 388 g/mol. The van der Waals surface area contributed by atoms with Crippen molar-refractivity contribution in [2.45, 2.75) is 42.4 Å². The lowest BCUT2D eigenvalue weighted by Gasteiger charge is -2.33. The van der Waals surface area contributed by atoms with Gasteiger partial charge in [0.15, 0.2) is 0 Å². The van der Waals surface area contributed by atoms with Crippen molar-refractivity contribution in [3.05, 3.63) is 83.7 Å². The molecule has 26 heavy (non-hydrogen) atoms. The number of hydrogen-bond acceptors (Lipinski definition) is 2. The predicted octanol–water partition coefficient (Wildman–Crippen LogP) is 6.55. The largest absolute Gasteiger partial charge is 0.337 e. The summed E-state index contributed by atoms with van der Waals surface area (Å²) in [5, 5.41) is 0.716. The quantitative estimate of drug-likeness (QED) is 0.407. The Kier molecular flexibility index (Phi) is 6.38. The van der Waals surface area contributed by atoms with E-state index in [-0.39, 0.29) is 10.6 Å². The van der Waals surface area contributed by atoms with E-state index in [0.29, 0.717) is 9.92 Å². The van der Waals surface area contributed by atoms with Gasteiger partial charge in [-0.3, -0.25) is 0 Å². The third kappa shape index (κ3) is 4.49. The van der Waals surface area contributed by atoms with Crippen LogP contribution in [-0.4, -0.2) is 9.55 Å². The van der Waals surface area contributed by atoms with Gasteiger partial charge >= 0.3 is 0 Å². The van der Waals surface area contributed by atoms with Gasteiger partial charge in [-0.05, 0) is 49.1 Å². The molecule has 2 nitrogen and oxygen atoms in total. The summed E-state index contributed by atoms with van der Waals surface area (Å²) in [6.45, 7) is 3.06. The van der Waals surface area contributed by atoms with Crippen molar-refractivity contribution in [3.63, 3.8) is 0 Å². The van der Waals surface area contributed by atoms with Gasteiger partial charge in [-0.15, -0.1) is 11.8 Å². The molecule has 1 atom stereocenters. The second-order valence-corrected chi connectivity index (χ2v) is 8.15. The molecule has 1 aromatic heterocycles. The molecule has 1 unspecified atom stereocenters. The fourth-order valence-corrected chi connectivity index (χ4v) is 4.67. The molecule has 0 N–H and O–H groups in total. The molecule has 3 aromatic rings. The van der Waals surface area contributed by atoms with Crippen LogP contribution in [0.25, 0.3) is 0 Å². The van der Waals surface area contributed by atoms with Crippen molar-refractivity contribution >= 4 is 23.4 Å². The van der Waals surface area contributed by atoms with E-state index in [1.54, 1.807) is 24.0 Å². The van der Waals surface area contributed by atoms with E-state index >= 15 is 0 Å². The van der Waals surface area contributed by atoms with Gasteiger partial charge in [0, 0.05) is 33.6 Å². The number of aromatic nitrogens is 2. The highest BCUT2D eigenvalue weighted by Gasteiger charge is 2.32. The van der Waals surface area contributed by atoms with Crippen LogP contribution in [0.5, 0.6) is 0 Å². The van der Waals surface area contributed by atoms with Crippen LogP contribution in [0.1, 0.15) is 31.7 Å². The average Bonchev–Trinajstić information content (AvgIpc) is 3.17. The summed E-state index contributed by atoms with van der Waals surface area (Å²) >= 11 is 7.70. The van der Waals surface area contributed by atoms with E-state index < -0.39 is 0 Å². The van der Waals surface area contributed by atoms with E-state index in [0.717, 1.165) is 25.8 Å². The molecule has 0 spiro atoms. The van der Waals surface area contributed by atoms with E-state index in [2.05, 4.69) is 28.6 Å². The molecule has 0 saturated heterocycles. The molecular weight excluding hydrogens is 367 g/mol. The minimum absolute atomic E-state index is 0.168. The summed E-state index contributed by atoms with van der Waals surface area (Å²) in [6, 6.07) is 15.0. The Balaban J connectivity index is 1.87. The Morgan fingerprint density at radius 2 is 1.92 bits per heavy atom. The first-order valence-electron chi connectivity index (χ1n) is 8.78. The molecule has 0 saturated carbocycles.